The lowest BCUT2D eigenvalue weighted by Crippen LogP contribution is -2.06. The number of hydrogen-bond donors (Lipinski definition) is 0. The molecular weight excluding hydrogens is 361 g/mol. The maximum absolute atomic E-state index is 13.6. The minimum Gasteiger partial charge on any atom is -0.494 e. The molecule has 3 aromatic rings. The van der Waals surface area contributed by atoms with Crippen LogP contribution in [0.4, 0.5) is 10.1 Å². The standard InChI is InChI=1S/C17H12FN3O6/c1-25-14-7-4-11(8-13(14)18)17(22)26-9-15-19-20-16(27-15)10-2-5-12(6-3-10)21(23)24/h2-8H,9H2,1H3. The number of hydrogen-bond acceptors (Lipinski definition) is 8. The zero-order valence-electron chi connectivity index (χ0n) is 13.9. The average molecular weight is 373 g/mol. The number of nitrogens with zero attached hydrogens (tertiary/aromatic N) is 3. The van der Waals surface area contributed by atoms with Crippen LogP contribution in [0.25, 0.3) is 11.5 Å². The summed E-state index contributed by atoms with van der Waals surface area (Å²) in [6.45, 7) is -0.313. The molecule has 0 unspecified atom stereocenters. The second kappa shape index (κ2) is 7.60. The van der Waals surface area contributed by atoms with Crippen LogP contribution in [0.3, 0.4) is 0 Å². The van der Waals surface area contributed by atoms with Gasteiger partial charge in [0.05, 0.1) is 17.6 Å². The summed E-state index contributed by atoms with van der Waals surface area (Å²) in [6, 6.07) is 9.20. The van der Waals surface area contributed by atoms with Crippen molar-refractivity contribution in [3.63, 3.8) is 0 Å². The summed E-state index contributed by atoms with van der Waals surface area (Å²) >= 11 is 0. The first kappa shape index (κ1) is 18.0. The van der Waals surface area contributed by atoms with Crippen LogP contribution in [-0.4, -0.2) is 28.2 Å². The van der Waals surface area contributed by atoms with Crippen LogP contribution in [0.2, 0.25) is 0 Å². The summed E-state index contributed by atoms with van der Waals surface area (Å²) in [6.07, 6.45) is 0. The number of aromatic nitrogens is 2. The molecule has 0 aliphatic carbocycles. The van der Waals surface area contributed by atoms with Crippen molar-refractivity contribution in [3.8, 4) is 17.2 Å². The van der Waals surface area contributed by atoms with Crippen molar-refractivity contribution in [1.82, 2.24) is 10.2 Å². The average Bonchev–Trinajstić information content (AvgIpc) is 3.15. The molecule has 0 amide bonds. The number of ether oxygens (including phenoxy) is 2. The van der Waals surface area contributed by atoms with Crippen LogP contribution < -0.4 is 4.74 Å². The van der Waals surface area contributed by atoms with E-state index in [0.717, 1.165) is 6.07 Å². The Morgan fingerprint density at radius 1 is 1.22 bits per heavy atom. The lowest BCUT2D eigenvalue weighted by atomic mass is 10.2. The number of non-ortho nitro benzene ring substituents is 1. The van der Waals surface area contributed by atoms with Gasteiger partial charge in [0.15, 0.2) is 18.2 Å². The third-order valence-corrected chi connectivity index (χ3v) is 3.51. The predicted octanol–water partition coefficient (Wildman–Crippen LogP) is 3.15. The molecule has 0 aliphatic heterocycles. The van der Waals surface area contributed by atoms with Gasteiger partial charge in [-0.2, -0.15) is 0 Å². The SMILES string of the molecule is COc1ccc(C(=O)OCc2nnc(-c3ccc([N+](=O)[O-])cc3)o2)cc1F. The molecule has 9 nitrogen and oxygen atoms in total. The molecule has 0 bridgehead atoms. The summed E-state index contributed by atoms with van der Waals surface area (Å²) < 4.78 is 28.8. The Labute approximate surface area is 151 Å². The van der Waals surface area contributed by atoms with Gasteiger partial charge in [0.25, 0.3) is 11.6 Å². The molecule has 0 saturated heterocycles. The maximum atomic E-state index is 13.6. The molecule has 138 valence electrons. The van der Waals surface area contributed by atoms with Crippen LogP contribution in [0.1, 0.15) is 16.2 Å². The largest absolute Gasteiger partial charge is 0.494 e. The van der Waals surface area contributed by atoms with E-state index in [-0.39, 0.29) is 35.4 Å². The molecule has 0 spiro atoms. The third-order valence-electron chi connectivity index (χ3n) is 3.51. The normalized spacial score (nSPS) is 10.4. The Morgan fingerprint density at radius 3 is 2.59 bits per heavy atom. The maximum Gasteiger partial charge on any atom is 0.338 e. The van der Waals surface area contributed by atoms with Crippen molar-refractivity contribution in [3.05, 3.63) is 69.9 Å². The van der Waals surface area contributed by atoms with E-state index >= 15 is 0 Å². The fourth-order valence-corrected chi connectivity index (χ4v) is 2.16. The number of carbonyl (C=O) groups is 1. The number of methoxy groups -OCH3 is 1. The van der Waals surface area contributed by atoms with Crippen LogP contribution in [0, 0.1) is 15.9 Å². The first-order valence-corrected chi connectivity index (χ1v) is 7.56. The van der Waals surface area contributed by atoms with E-state index in [1.54, 1.807) is 0 Å². The van der Waals surface area contributed by atoms with Crippen molar-refractivity contribution in [1.29, 1.82) is 0 Å². The molecule has 1 heterocycles. The van der Waals surface area contributed by atoms with Crippen molar-refractivity contribution in [2.75, 3.05) is 7.11 Å². The summed E-state index contributed by atoms with van der Waals surface area (Å²) in [7, 11) is 1.31. The van der Waals surface area contributed by atoms with Gasteiger partial charge in [-0.15, -0.1) is 10.2 Å². The number of halogens is 1. The second-order valence-corrected chi connectivity index (χ2v) is 5.23. The Balaban J connectivity index is 1.64. The minimum atomic E-state index is -0.772. The number of carbonyl (C=O) groups excluding carboxylic acids is 1. The first-order chi connectivity index (χ1) is 13.0. The molecule has 0 aliphatic rings. The van der Waals surface area contributed by atoms with Crippen molar-refractivity contribution < 1.29 is 28.0 Å². The van der Waals surface area contributed by atoms with E-state index < -0.39 is 16.7 Å². The summed E-state index contributed by atoms with van der Waals surface area (Å²) in [5.41, 5.74) is 0.408. The molecule has 0 N–H and O–H groups in total. The fraction of sp³-hybridized carbons (Fsp3) is 0.118. The highest BCUT2D eigenvalue weighted by Crippen LogP contribution is 2.22. The smallest absolute Gasteiger partial charge is 0.338 e. The monoisotopic (exact) mass is 373 g/mol. The molecule has 27 heavy (non-hydrogen) atoms. The van der Waals surface area contributed by atoms with E-state index in [9.17, 15) is 19.3 Å². The summed E-state index contributed by atoms with van der Waals surface area (Å²) in [5, 5.41) is 18.2. The third kappa shape index (κ3) is 4.06. The van der Waals surface area contributed by atoms with Crippen LogP contribution in [0.15, 0.2) is 46.9 Å². The molecule has 3 rings (SSSR count). The van der Waals surface area contributed by atoms with Gasteiger partial charge in [0, 0.05) is 17.7 Å². The van der Waals surface area contributed by atoms with Crippen molar-refractivity contribution in [2.24, 2.45) is 0 Å². The van der Waals surface area contributed by atoms with E-state index in [1.165, 1.54) is 43.5 Å². The topological polar surface area (TPSA) is 118 Å². The Morgan fingerprint density at radius 2 is 1.96 bits per heavy atom. The van der Waals surface area contributed by atoms with E-state index in [1.807, 2.05) is 0 Å². The van der Waals surface area contributed by atoms with E-state index in [2.05, 4.69) is 10.2 Å². The first-order valence-electron chi connectivity index (χ1n) is 7.56. The number of rotatable bonds is 6. The minimum absolute atomic E-state index is 0.00316. The fourth-order valence-electron chi connectivity index (χ4n) is 2.16. The lowest BCUT2D eigenvalue weighted by Gasteiger charge is -2.05. The highest BCUT2D eigenvalue weighted by molar-refractivity contribution is 5.89. The van der Waals surface area contributed by atoms with Gasteiger partial charge < -0.3 is 13.9 Å². The number of nitro groups is 1. The van der Waals surface area contributed by atoms with Crippen molar-refractivity contribution >= 4 is 11.7 Å². The molecule has 0 atom stereocenters. The van der Waals surface area contributed by atoms with Crippen LogP contribution in [0.5, 0.6) is 5.75 Å². The molecule has 2 aromatic carbocycles. The lowest BCUT2D eigenvalue weighted by molar-refractivity contribution is -0.384. The quantitative estimate of drug-likeness (QED) is 0.367. The van der Waals surface area contributed by atoms with Gasteiger partial charge >= 0.3 is 5.97 Å². The van der Waals surface area contributed by atoms with E-state index in [0.29, 0.717) is 5.56 Å². The Bertz CT molecular complexity index is 987. The number of nitro benzene ring substituents is 1. The van der Waals surface area contributed by atoms with Gasteiger partial charge in [-0.25, -0.2) is 9.18 Å². The van der Waals surface area contributed by atoms with Gasteiger partial charge in [-0.1, -0.05) is 0 Å². The highest BCUT2D eigenvalue weighted by atomic mass is 19.1. The molecule has 1 aromatic heterocycles. The van der Waals surface area contributed by atoms with Gasteiger partial charge in [-0.3, -0.25) is 10.1 Å². The van der Waals surface area contributed by atoms with Gasteiger partial charge in [0.1, 0.15) is 0 Å². The van der Waals surface area contributed by atoms with Crippen molar-refractivity contribution in [2.45, 2.75) is 6.61 Å². The Kier molecular flexibility index (Phi) is 5.06. The molecule has 0 fully saturated rings. The molecular formula is C17H12FN3O6. The second-order valence-electron chi connectivity index (χ2n) is 5.23. The molecule has 10 heteroatoms. The predicted molar refractivity (Wildman–Crippen MR) is 88.5 cm³/mol. The summed E-state index contributed by atoms with van der Waals surface area (Å²) in [5.74, 6) is -1.31. The highest BCUT2D eigenvalue weighted by Gasteiger charge is 2.15. The summed E-state index contributed by atoms with van der Waals surface area (Å²) in [4.78, 5) is 22.1. The zero-order valence-corrected chi connectivity index (χ0v) is 13.9. The Hall–Kier alpha value is -3.82. The molecule has 0 saturated carbocycles. The van der Waals surface area contributed by atoms with Crippen LogP contribution >= 0.6 is 0 Å². The number of esters is 1. The van der Waals surface area contributed by atoms with Gasteiger partial charge in [-0.05, 0) is 30.3 Å². The van der Waals surface area contributed by atoms with E-state index in [4.69, 9.17) is 13.9 Å². The zero-order chi connectivity index (χ0) is 19.4. The van der Waals surface area contributed by atoms with Gasteiger partial charge in [0.2, 0.25) is 5.89 Å². The molecule has 0 radical (unpaired) electrons. The number of benzene rings is 2. The van der Waals surface area contributed by atoms with Crippen LogP contribution in [-0.2, 0) is 11.3 Å².